The van der Waals surface area contributed by atoms with Gasteiger partial charge < -0.3 is 10.2 Å². The molecule has 0 radical (unpaired) electrons. The van der Waals surface area contributed by atoms with Crippen LogP contribution in [0.15, 0.2) is 0 Å². The first-order valence-electron chi connectivity index (χ1n) is 7.25. The van der Waals surface area contributed by atoms with Crippen molar-refractivity contribution in [2.75, 3.05) is 32.7 Å². The summed E-state index contributed by atoms with van der Waals surface area (Å²) in [4.78, 5) is 2.72. The lowest BCUT2D eigenvalue weighted by Gasteiger charge is -2.26. The molecular weight excluding hydrogens is 196 g/mol. The summed E-state index contributed by atoms with van der Waals surface area (Å²) in [6.07, 6.45) is 7.40. The third-order valence-corrected chi connectivity index (χ3v) is 5.10. The minimum Gasteiger partial charge on any atom is -0.317 e. The monoisotopic (exact) mass is 222 g/mol. The highest BCUT2D eigenvalue weighted by atomic mass is 15.1. The zero-order chi connectivity index (χ0) is 11.0. The second-order valence-electron chi connectivity index (χ2n) is 6.31. The van der Waals surface area contributed by atoms with E-state index in [-0.39, 0.29) is 0 Å². The van der Waals surface area contributed by atoms with Crippen LogP contribution in [0.2, 0.25) is 0 Å². The Bertz CT molecular complexity index is 241. The predicted octanol–water partition coefficient (Wildman–Crippen LogP) is 2.11. The van der Waals surface area contributed by atoms with Crippen molar-refractivity contribution >= 4 is 0 Å². The van der Waals surface area contributed by atoms with Crippen LogP contribution in [0.25, 0.3) is 0 Å². The average Bonchev–Trinajstić information content (AvgIpc) is 3.20. The topological polar surface area (TPSA) is 15.3 Å². The molecule has 92 valence electrons. The van der Waals surface area contributed by atoms with E-state index in [1.165, 1.54) is 64.8 Å². The van der Waals surface area contributed by atoms with Crippen molar-refractivity contribution in [3.05, 3.63) is 0 Å². The van der Waals surface area contributed by atoms with Gasteiger partial charge in [-0.1, -0.05) is 6.92 Å². The first-order chi connectivity index (χ1) is 7.82. The summed E-state index contributed by atoms with van der Waals surface area (Å²) in [6, 6.07) is 0. The fourth-order valence-corrected chi connectivity index (χ4v) is 3.54. The SMILES string of the molecule is CCN(CC1CC1)CC1CC12CCNCC2. The van der Waals surface area contributed by atoms with Gasteiger partial charge in [-0.05, 0) is 69.0 Å². The molecule has 3 aliphatic rings. The van der Waals surface area contributed by atoms with Crippen LogP contribution in [0.3, 0.4) is 0 Å². The molecule has 0 aromatic carbocycles. The van der Waals surface area contributed by atoms with Crippen molar-refractivity contribution in [3.63, 3.8) is 0 Å². The van der Waals surface area contributed by atoms with Crippen molar-refractivity contribution in [2.45, 2.75) is 39.0 Å². The van der Waals surface area contributed by atoms with Gasteiger partial charge in [-0.2, -0.15) is 0 Å². The molecule has 1 saturated heterocycles. The summed E-state index contributed by atoms with van der Waals surface area (Å²) < 4.78 is 0. The van der Waals surface area contributed by atoms with Crippen molar-refractivity contribution in [2.24, 2.45) is 17.3 Å². The number of rotatable bonds is 5. The standard InChI is InChI=1S/C14H26N2/c1-2-16(10-12-3-4-12)11-13-9-14(13)5-7-15-8-6-14/h12-13,15H,2-11H2,1H3. The minimum atomic E-state index is 0.780. The second-order valence-corrected chi connectivity index (χ2v) is 6.31. The molecule has 1 aliphatic heterocycles. The van der Waals surface area contributed by atoms with Gasteiger partial charge in [-0.3, -0.25) is 0 Å². The van der Waals surface area contributed by atoms with Crippen molar-refractivity contribution in [1.82, 2.24) is 10.2 Å². The molecule has 1 spiro atoms. The van der Waals surface area contributed by atoms with E-state index in [2.05, 4.69) is 17.1 Å². The molecule has 2 nitrogen and oxygen atoms in total. The van der Waals surface area contributed by atoms with Crippen LogP contribution in [0.4, 0.5) is 0 Å². The first-order valence-corrected chi connectivity index (χ1v) is 7.25. The maximum atomic E-state index is 3.50. The molecule has 0 aromatic heterocycles. The highest BCUT2D eigenvalue weighted by molar-refractivity contribution is 5.05. The van der Waals surface area contributed by atoms with Gasteiger partial charge >= 0.3 is 0 Å². The molecular formula is C14H26N2. The Balaban J connectivity index is 1.47. The second kappa shape index (κ2) is 4.30. The number of piperidine rings is 1. The summed E-state index contributed by atoms with van der Waals surface area (Å²) in [6.45, 7) is 8.92. The highest BCUT2D eigenvalue weighted by Gasteiger charge is 2.53. The molecule has 0 amide bonds. The van der Waals surface area contributed by atoms with Crippen LogP contribution >= 0.6 is 0 Å². The quantitative estimate of drug-likeness (QED) is 0.766. The Morgan fingerprint density at radius 2 is 1.94 bits per heavy atom. The predicted molar refractivity (Wildman–Crippen MR) is 67.5 cm³/mol. The maximum absolute atomic E-state index is 3.50. The molecule has 2 heteroatoms. The van der Waals surface area contributed by atoms with Gasteiger partial charge in [0.05, 0.1) is 0 Å². The van der Waals surface area contributed by atoms with E-state index in [9.17, 15) is 0 Å². The zero-order valence-corrected chi connectivity index (χ0v) is 10.7. The van der Waals surface area contributed by atoms with Crippen molar-refractivity contribution < 1.29 is 0 Å². The van der Waals surface area contributed by atoms with Crippen molar-refractivity contribution in [1.29, 1.82) is 0 Å². The van der Waals surface area contributed by atoms with Gasteiger partial charge in [0.1, 0.15) is 0 Å². The largest absolute Gasteiger partial charge is 0.317 e. The lowest BCUT2D eigenvalue weighted by molar-refractivity contribution is 0.230. The molecule has 2 saturated carbocycles. The van der Waals surface area contributed by atoms with Crippen LogP contribution in [0.5, 0.6) is 0 Å². The molecule has 2 aliphatic carbocycles. The van der Waals surface area contributed by atoms with Crippen LogP contribution in [-0.2, 0) is 0 Å². The molecule has 1 unspecified atom stereocenters. The Morgan fingerprint density at radius 1 is 1.19 bits per heavy atom. The van der Waals surface area contributed by atoms with Gasteiger partial charge in [0.2, 0.25) is 0 Å². The van der Waals surface area contributed by atoms with Gasteiger partial charge in [0.15, 0.2) is 0 Å². The van der Waals surface area contributed by atoms with Gasteiger partial charge in [-0.15, -0.1) is 0 Å². The Labute approximate surface area is 99.8 Å². The number of hydrogen-bond acceptors (Lipinski definition) is 2. The highest BCUT2D eigenvalue weighted by Crippen LogP contribution is 2.58. The van der Waals surface area contributed by atoms with Crippen LogP contribution in [-0.4, -0.2) is 37.6 Å². The average molecular weight is 222 g/mol. The zero-order valence-electron chi connectivity index (χ0n) is 10.7. The molecule has 0 bridgehead atoms. The lowest BCUT2D eigenvalue weighted by Crippen LogP contribution is -2.33. The smallest absolute Gasteiger partial charge is 0.00152 e. The molecule has 3 rings (SSSR count). The normalized spacial score (nSPS) is 32.2. The molecule has 1 N–H and O–H groups in total. The molecule has 16 heavy (non-hydrogen) atoms. The molecule has 3 fully saturated rings. The maximum Gasteiger partial charge on any atom is 0.00152 e. The van der Waals surface area contributed by atoms with E-state index in [1.807, 2.05) is 0 Å². The minimum absolute atomic E-state index is 0.780. The van der Waals surface area contributed by atoms with E-state index < -0.39 is 0 Å². The third kappa shape index (κ3) is 2.28. The van der Waals surface area contributed by atoms with Gasteiger partial charge in [0.25, 0.3) is 0 Å². The lowest BCUT2D eigenvalue weighted by atomic mass is 9.92. The summed E-state index contributed by atoms with van der Waals surface area (Å²) in [7, 11) is 0. The van der Waals surface area contributed by atoms with Crippen LogP contribution < -0.4 is 5.32 Å². The first kappa shape index (κ1) is 11.0. The summed E-state index contributed by atoms with van der Waals surface area (Å²) in [5.41, 5.74) is 0.780. The Kier molecular flexibility index (Phi) is 2.97. The van der Waals surface area contributed by atoms with E-state index in [1.54, 1.807) is 0 Å². The third-order valence-electron chi connectivity index (χ3n) is 5.10. The van der Waals surface area contributed by atoms with Gasteiger partial charge in [0, 0.05) is 13.1 Å². The van der Waals surface area contributed by atoms with E-state index in [0.717, 1.165) is 17.3 Å². The molecule has 1 atom stereocenters. The van der Waals surface area contributed by atoms with Crippen LogP contribution in [0, 0.1) is 17.3 Å². The molecule has 0 aromatic rings. The summed E-state index contributed by atoms with van der Waals surface area (Å²) >= 11 is 0. The number of nitrogens with zero attached hydrogens (tertiary/aromatic N) is 1. The fraction of sp³-hybridized carbons (Fsp3) is 1.00. The summed E-state index contributed by atoms with van der Waals surface area (Å²) in [5, 5.41) is 3.50. The fourth-order valence-electron chi connectivity index (χ4n) is 3.54. The Hall–Kier alpha value is -0.0800. The number of nitrogens with one attached hydrogen (secondary N) is 1. The van der Waals surface area contributed by atoms with E-state index in [0.29, 0.717) is 0 Å². The van der Waals surface area contributed by atoms with Gasteiger partial charge in [-0.25, -0.2) is 0 Å². The van der Waals surface area contributed by atoms with E-state index in [4.69, 9.17) is 0 Å². The summed E-state index contributed by atoms with van der Waals surface area (Å²) in [5.74, 6) is 2.09. The van der Waals surface area contributed by atoms with Crippen LogP contribution in [0.1, 0.15) is 39.0 Å². The van der Waals surface area contributed by atoms with E-state index >= 15 is 0 Å². The molecule has 1 heterocycles. The Morgan fingerprint density at radius 3 is 2.56 bits per heavy atom. The van der Waals surface area contributed by atoms with Crippen molar-refractivity contribution in [3.8, 4) is 0 Å². The number of hydrogen-bond donors (Lipinski definition) is 1.